The van der Waals surface area contributed by atoms with Crippen LogP contribution in [0, 0.1) is 15.9 Å². The summed E-state index contributed by atoms with van der Waals surface area (Å²) in [5, 5.41) is 10.3. The molecule has 0 radical (unpaired) electrons. The first-order valence-electron chi connectivity index (χ1n) is 3.99. The molecule has 0 atom stereocenters. The zero-order chi connectivity index (χ0) is 11.4. The molecule has 0 amide bonds. The molecular weight excluding hydrogens is 229 g/mol. The van der Waals surface area contributed by atoms with Crippen molar-refractivity contribution in [2.75, 3.05) is 6.61 Å². The summed E-state index contributed by atoms with van der Waals surface area (Å²) < 4.78 is 13.0. The third-order valence-corrected chi connectivity index (χ3v) is 1.76. The number of hydrogen-bond donors (Lipinski definition) is 0. The lowest BCUT2D eigenvalue weighted by atomic mass is 10.3. The van der Waals surface area contributed by atoms with Crippen molar-refractivity contribution in [3.05, 3.63) is 33.1 Å². The van der Waals surface area contributed by atoms with Crippen molar-refractivity contribution in [3.63, 3.8) is 0 Å². The lowest BCUT2D eigenvalue weighted by Crippen LogP contribution is -1.99. The minimum absolute atomic E-state index is 0.0911. The van der Waals surface area contributed by atoms with E-state index in [0.29, 0.717) is 0 Å². The van der Waals surface area contributed by atoms with E-state index in [9.17, 15) is 14.5 Å². The molecule has 82 valence electrons. The molecule has 0 saturated carbocycles. The quantitative estimate of drug-likeness (QED) is 0.457. The Kier molecular flexibility index (Phi) is 3.81. The Labute approximate surface area is 89.4 Å². The number of hydrogen-bond acceptors (Lipinski definition) is 4. The van der Waals surface area contributed by atoms with Gasteiger partial charge in [-0.05, 0) is 6.92 Å². The second-order valence-corrected chi connectivity index (χ2v) is 2.89. The standard InChI is InChI=1S/C8H7ClFNO4/c1-2-14-15-8-4-7(11(12)13)6(10)3-5(8)9/h3-4H,2H2,1H3. The summed E-state index contributed by atoms with van der Waals surface area (Å²) in [7, 11) is 0. The number of benzene rings is 1. The molecule has 0 spiro atoms. The summed E-state index contributed by atoms with van der Waals surface area (Å²) in [6.45, 7) is 1.90. The Morgan fingerprint density at radius 3 is 2.80 bits per heavy atom. The van der Waals surface area contributed by atoms with Crippen molar-refractivity contribution >= 4 is 17.3 Å². The van der Waals surface area contributed by atoms with Crippen LogP contribution in [0.25, 0.3) is 0 Å². The second-order valence-electron chi connectivity index (χ2n) is 2.48. The van der Waals surface area contributed by atoms with E-state index in [1.54, 1.807) is 6.92 Å². The van der Waals surface area contributed by atoms with Crippen LogP contribution in [-0.4, -0.2) is 11.5 Å². The van der Waals surface area contributed by atoms with Gasteiger partial charge in [0, 0.05) is 6.07 Å². The Hall–Kier alpha value is -1.40. The number of halogens is 2. The Bertz CT molecular complexity index is 385. The molecule has 0 bridgehead atoms. The molecule has 5 nitrogen and oxygen atoms in total. The van der Waals surface area contributed by atoms with Crippen LogP contribution in [0.1, 0.15) is 6.92 Å². The van der Waals surface area contributed by atoms with Gasteiger partial charge in [0.1, 0.15) is 0 Å². The van der Waals surface area contributed by atoms with Gasteiger partial charge in [-0.25, -0.2) is 0 Å². The van der Waals surface area contributed by atoms with Gasteiger partial charge in [0.05, 0.1) is 22.6 Å². The van der Waals surface area contributed by atoms with Crippen molar-refractivity contribution in [1.82, 2.24) is 0 Å². The van der Waals surface area contributed by atoms with Crippen LogP contribution in [0.4, 0.5) is 10.1 Å². The molecule has 0 aliphatic rings. The van der Waals surface area contributed by atoms with Crippen molar-refractivity contribution in [1.29, 1.82) is 0 Å². The molecule has 1 rings (SSSR count). The van der Waals surface area contributed by atoms with E-state index < -0.39 is 16.4 Å². The van der Waals surface area contributed by atoms with Crippen LogP contribution >= 0.6 is 11.6 Å². The summed E-state index contributed by atoms with van der Waals surface area (Å²) in [6, 6.07) is 1.67. The van der Waals surface area contributed by atoms with E-state index in [1.165, 1.54) is 0 Å². The first-order chi connectivity index (χ1) is 7.06. The molecule has 0 heterocycles. The highest BCUT2D eigenvalue weighted by molar-refractivity contribution is 6.32. The average molecular weight is 236 g/mol. The molecule has 0 N–H and O–H groups in total. The Balaban J connectivity index is 3.06. The van der Waals surface area contributed by atoms with E-state index in [-0.39, 0.29) is 17.4 Å². The second kappa shape index (κ2) is 4.90. The number of rotatable bonds is 4. The van der Waals surface area contributed by atoms with E-state index in [1.807, 2.05) is 0 Å². The normalized spacial score (nSPS) is 10.1. The molecule has 0 aliphatic carbocycles. The number of nitro benzene ring substituents is 1. The van der Waals surface area contributed by atoms with Crippen molar-refractivity contribution in [2.45, 2.75) is 6.92 Å². The van der Waals surface area contributed by atoms with Gasteiger partial charge in [-0.2, -0.15) is 9.28 Å². The maximum Gasteiger partial charge on any atom is 0.308 e. The zero-order valence-electron chi connectivity index (χ0n) is 7.70. The van der Waals surface area contributed by atoms with Crippen LogP contribution in [0.15, 0.2) is 12.1 Å². The minimum Gasteiger partial charge on any atom is -0.336 e. The largest absolute Gasteiger partial charge is 0.336 e. The first kappa shape index (κ1) is 11.7. The zero-order valence-corrected chi connectivity index (χ0v) is 8.45. The van der Waals surface area contributed by atoms with Crippen molar-refractivity contribution in [2.24, 2.45) is 0 Å². The molecule has 0 fully saturated rings. The minimum atomic E-state index is -1.02. The SMILES string of the molecule is CCOOc1cc([N+](=O)[O-])c(F)cc1Cl. The molecule has 0 aromatic heterocycles. The lowest BCUT2D eigenvalue weighted by molar-refractivity contribution is -0.387. The van der Waals surface area contributed by atoms with Crippen LogP contribution < -0.4 is 4.89 Å². The molecule has 1 aromatic rings. The molecule has 0 saturated heterocycles. The fraction of sp³-hybridized carbons (Fsp3) is 0.250. The highest BCUT2D eigenvalue weighted by atomic mass is 35.5. The average Bonchev–Trinajstić information content (AvgIpc) is 2.16. The summed E-state index contributed by atoms with van der Waals surface area (Å²) in [5.41, 5.74) is -0.714. The lowest BCUT2D eigenvalue weighted by Gasteiger charge is -2.04. The third-order valence-electron chi connectivity index (χ3n) is 1.46. The Morgan fingerprint density at radius 1 is 1.60 bits per heavy atom. The maximum absolute atomic E-state index is 13.0. The number of nitrogens with zero attached hydrogens (tertiary/aromatic N) is 1. The molecule has 0 aliphatic heterocycles. The molecule has 7 heteroatoms. The monoisotopic (exact) mass is 235 g/mol. The highest BCUT2D eigenvalue weighted by Gasteiger charge is 2.18. The fourth-order valence-corrected chi connectivity index (χ4v) is 1.03. The van der Waals surface area contributed by atoms with Crippen molar-refractivity contribution < 1.29 is 19.1 Å². The van der Waals surface area contributed by atoms with Crippen molar-refractivity contribution in [3.8, 4) is 5.75 Å². The van der Waals surface area contributed by atoms with Gasteiger partial charge in [-0.15, -0.1) is 0 Å². The number of nitro groups is 1. The van der Waals surface area contributed by atoms with Crippen LogP contribution in [0.3, 0.4) is 0 Å². The van der Waals surface area contributed by atoms with Crippen LogP contribution in [-0.2, 0) is 4.89 Å². The third kappa shape index (κ3) is 2.77. The topological polar surface area (TPSA) is 61.6 Å². The Morgan fingerprint density at radius 2 is 2.27 bits per heavy atom. The predicted molar refractivity (Wildman–Crippen MR) is 50.3 cm³/mol. The van der Waals surface area contributed by atoms with E-state index in [0.717, 1.165) is 12.1 Å². The maximum atomic E-state index is 13.0. The molecule has 15 heavy (non-hydrogen) atoms. The predicted octanol–water partition coefficient (Wildman–Crippen LogP) is 2.72. The van der Waals surface area contributed by atoms with Gasteiger partial charge in [0.2, 0.25) is 5.82 Å². The first-order valence-corrected chi connectivity index (χ1v) is 4.37. The summed E-state index contributed by atoms with van der Waals surface area (Å²) in [5.74, 6) is -1.11. The fourth-order valence-electron chi connectivity index (χ4n) is 0.845. The summed E-state index contributed by atoms with van der Waals surface area (Å²) in [6.07, 6.45) is 0. The van der Waals surface area contributed by atoms with E-state index >= 15 is 0 Å². The highest BCUT2D eigenvalue weighted by Crippen LogP contribution is 2.31. The van der Waals surface area contributed by atoms with Gasteiger partial charge in [0.25, 0.3) is 0 Å². The molecular formula is C8H7ClFNO4. The molecule has 1 aromatic carbocycles. The van der Waals surface area contributed by atoms with Gasteiger partial charge in [-0.1, -0.05) is 11.6 Å². The van der Waals surface area contributed by atoms with Gasteiger partial charge >= 0.3 is 5.69 Å². The molecule has 0 unspecified atom stereocenters. The summed E-state index contributed by atoms with van der Waals surface area (Å²) >= 11 is 5.57. The van der Waals surface area contributed by atoms with Crippen LogP contribution in [0.5, 0.6) is 5.75 Å². The van der Waals surface area contributed by atoms with Gasteiger partial charge in [-0.3, -0.25) is 10.1 Å². The van der Waals surface area contributed by atoms with Gasteiger partial charge in [0.15, 0.2) is 5.75 Å². The summed E-state index contributed by atoms with van der Waals surface area (Å²) in [4.78, 5) is 18.7. The van der Waals surface area contributed by atoms with Gasteiger partial charge < -0.3 is 4.89 Å². The smallest absolute Gasteiger partial charge is 0.308 e. The van der Waals surface area contributed by atoms with Crippen LogP contribution in [0.2, 0.25) is 5.02 Å². The van der Waals surface area contributed by atoms with E-state index in [2.05, 4.69) is 9.78 Å². The van der Waals surface area contributed by atoms with E-state index in [4.69, 9.17) is 11.6 Å².